The number of aromatic nitrogens is 2. The van der Waals surface area contributed by atoms with Gasteiger partial charge in [0, 0.05) is 45.3 Å². The smallest absolute Gasteiger partial charge is 0.229 e. The van der Waals surface area contributed by atoms with Crippen LogP contribution in [0.2, 0.25) is 0 Å². The molecule has 2 aliphatic rings. The standard InChI is InChI=1S/C20H32N4O3/c1-14(2)20-21-18(22-27-20)9-11-24(15(3)25)17-8-10-23(13-17)19(26)12-16-6-4-5-7-16/h14,16-17H,4-13H2,1-3H3. The molecule has 0 N–H and O–H groups in total. The van der Waals surface area contributed by atoms with E-state index in [0.717, 1.165) is 13.0 Å². The van der Waals surface area contributed by atoms with E-state index in [9.17, 15) is 9.59 Å². The maximum absolute atomic E-state index is 12.6. The van der Waals surface area contributed by atoms with Crippen LogP contribution in [0.1, 0.15) is 76.9 Å². The molecule has 0 aromatic carbocycles. The summed E-state index contributed by atoms with van der Waals surface area (Å²) in [7, 11) is 0. The van der Waals surface area contributed by atoms with Crippen molar-refractivity contribution in [2.24, 2.45) is 5.92 Å². The highest BCUT2D eigenvalue weighted by Gasteiger charge is 2.32. The van der Waals surface area contributed by atoms with Crippen molar-refractivity contribution in [2.75, 3.05) is 19.6 Å². The van der Waals surface area contributed by atoms with Gasteiger partial charge in [-0.2, -0.15) is 4.98 Å². The summed E-state index contributed by atoms with van der Waals surface area (Å²) in [6.45, 7) is 7.57. The number of hydrogen-bond acceptors (Lipinski definition) is 5. The molecule has 150 valence electrons. The summed E-state index contributed by atoms with van der Waals surface area (Å²) in [6, 6.07) is 0.0894. The van der Waals surface area contributed by atoms with Crippen LogP contribution in [-0.4, -0.2) is 57.4 Å². The Hall–Kier alpha value is -1.92. The molecule has 7 heteroatoms. The van der Waals surface area contributed by atoms with Crippen LogP contribution in [0.3, 0.4) is 0 Å². The Balaban J connectivity index is 1.52. The van der Waals surface area contributed by atoms with Gasteiger partial charge in [-0.3, -0.25) is 9.59 Å². The highest BCUT2D eigenvalue weighted by atomic mass is 16.5. The fourth-order valence-corrected chi connectivity index (χ4v) is 4.23. The van der Waals surface area contributed by atoms with Gasteiger partial charge in [0.1, 0.15) is 0 Å². The second-order valence-corrected chi connectivity index (χ2v) is 8.30. The zero-order valence-corrected chi connectivity index (χ0v) is 16.8. The zero-order valence-electron chi connectivity index (χ0n) is 16.8. The molecular weight excluding hydrogens is 344 g/mol. The molecule has 2 fully saturated rings. The Morgan fingerprint density at radius 2 is 2.00 bits per heavy atom. The first kappa shape index (κ1) is 19.8. The van der Waals surface area contributed by atoms with E-state index < -0.39 is 0 Å². The van der Waals surface area contributed by atoms with Crippen LogP contribution in [0.25, 0.3) is 0 Å². The third-order valence-electron chi connectivity index (χ3n) is 5.85. The van der Waals surface area contributed by atoms with Gasteiger partial charge in [0.25, 0.3) is 0 Å². The Morgan fingerprint density at radius 1 is 1.26 bits per heavy atom. The normalized spacial score (nSPS) is 20.6. The predicted octanol–water partition coefficient (Wildman–Crippen LogP) is 2.77. The lowest BCUT2D eigenvalue weighted by Crippen LogP contribution is -2.43. The largest absolute Gasteiger partial charge is 0.341 e. The summed E-state index contributed by atoms with van der Waals surface area (Å²) in [5.41, 5.74) is 0. The highest BCUT2D eigenvalue weighted by Crippen LogP contribution is 2.29. The lowest BCUT2D eigenvalue weighted by Gasteiger charge is -2.28. The molecule has 1 saturated carbocycles. The summed E-state index contributed by atoms with van der Waals surface area (Å²) in [6.07, 6.45) is 6.98. The molecule has 1 atom stereocenters. The van der Waals surface area contributed by atoms with Crippen molar-refractivity contribution < 1.29 is 14.1 Å². The second kappa shape index (κ2) is 8.85. The van der Waals surface area contributed by atoms with Crippen LogP contribution in [0.15, 0.2) is 4.52 Å². The number of carbonyl (C=O) groups excluding carboxylic acids is 2. The van der Waals surface area contributed by atoms with Crippen molar-refractivity contribution >= 4 is 11.8 Å². The summed E-state index contributed by atoms with van der Waals surface area (Å²) in [5.74, 6) is 2.32. The topological polar surface area (TPSA) is 79.5 Å². The lowest BCUT2D eigenvalue weighted by molar-refractivity contribution is -0.134. The molecule has 7 nitrogen and oxygen atoms in total. The predicted molar refractivity (Wildman–Crippen MR) is 101 cm³/mol. The second-order valence-electron chi connectivity index (χ2n) is 8.30. The maximum Gasteiger partial charge on any atom is 0.229 e. The number of carbonyl (C=O) groups is 2. The molecule has 0 spiro atoms. The van der Waals surface area contributed by atoms with Gasteiger partial charge in [0.15, 0.2) is 5.82 Å². The van der Waals surface area contributed by atoms with Crippen molar-refractivity contribution in [3.8, 4) is 0 Å². The first-order valence-corrected chi connectivity index (χ1v) is 10.3. The van der Waals surface area contributed by atoms with E-state index in [1.54, 1.807) is 6.92 Å². The van der Waals surface area contributed by atoms with Gasteiger partial charge in [-0.05, 0) is 25.2 Å². The van der Waals surface area contributed by atoms with Crippen molar-refractivity contribution in [2.45, 2.75) is 77.7 Å². The van der Waals surface area contributed by atoms with Crippen molar-refractivity contribution in [3.05, 3.63) is 11.7 Å². The average molecular weight is 377 g/mol. The van der Waals surface area contributed by atoms with Crippen LogP contribution in [0.5, 0.6) is 0 Å². The molecule has 3 rings (SSSR count). The van der Waals surface area contributed by atoms with Crippen LogP contribution in [-0.2, 0) is 16.0 Å². The van der Waals surface area contributed by atoms with Crippen LogP contribution in [0, 0.1) is 5.92 Å². The quantitative estimate of drug-likeness (QED) is 0.731. The molecule has 0 radical (unpaired) electrons. The number of amides is 2. The summed E-state index contributed by atoms with van der Waals surface area (Å²) >= 11 is 0. The third-order valence-corrected chi connectivity index (χ3v) is 5.85. The first-order valence-electron chi connectivity index (χ1n) is 10.3. The minimum absolute atomic E-state index is 0.0395. The molecule has 1 aliphatic carbocycles. The Morgan fingerprint density at radius 3 is 2.63 bits per heavy atom. The van der Waals surface area contributed by atoms with Crippen molar-refractivity contribution in [1.29, 1.82) is 0 Å². The Kier molecular flexibility index (Phi) is 6.50. The summed E-state index contributed by atoms with van der Waals surface area (Å²) < 4.78 is 5.24. The SMILES string of the molecule is CC(=O)N(CCc1noc(C(C)C)n1)C1CCN(C(=O)CC2CCCC2)C1. The molecule has 2 amide bonds. The first-order chi connectivity index (χ1) is 12.9. The fraction of sp³-hybridized carbons (Fsp3) is 0.800. The van der Waals surface area contributed by atoms with Gasteiger partial charge < -0.3 is 14.3 Å². The Labute approximate surface area is 161 Å². The maximum atomic E-state index is 12.6. The molecule has 1 aromatic heterocycles. The molecule has 1 unspecified atom stereocenters. The van der Waals surface area contributed by atoms with Crippen molar-refractivity contribution in [1.82, 2.24) is 19.9 Å². The minimum atomic E-state index is 0.0395. The van der Waals surface area contributed by atoms with E-state index in [4.69, 9.17) is 4.52 Å². The monoisotopic (exact) mass is 376 g/mol. The molecule has 1 aromatic rings. The number of nitrogens with zero attached hydrogens (tertiary/aromatic N) is 4. The van der Waals surface area contributed by atoms with E-state index in [0.29, 0.717) is 43.6 Å². The molecule has 1 saturated heterocycles. The molecule has 27 heavy (non-hydrogen) atoms. The lowest BCUT2D eigenvalue weighted by atomic mass is 10.0. The minimum Gasteiger partial charge on any atom is -0.341 e. The molecule has 0 bridgehead atoms. The van der Waals surface area contributed by atoms with Gasteiger partial charge >= 0.3 is 0 Å². The summed E-state index contributed by atoms with van der Waals surface area (Å²) in [4.78, 5) is 33.0. The van der Waals surface area contributed by atoms with Crippen molar-refractivity contribution in [3.63, 3.8) is 0 Å². The van der Waals surface area contributed by atoms with Gasteiger partial charge in [0.05, 0.1) is 6.04 Å². The van der Waals surface area contributed by atoms with Gasteiger partial charge in [-0.1, -0.05) is 31.8 Å². The number of likely N-dealkylation sites (tertiary alicyclic amines) is 1. The van der Waals surface area contributed by atoms with Crippen LogP contribution in [0.4, 0.5) is 0 Å². The van der Waals surface area contributed by atoms with E-state index in [1.165, 1.54) is 25.7 Å². The van der Waals surface area contributed by atoms with E-state index in [2.05, 4.69) is 10.1 Å². The van der Waals surface area contributed by atoms with Gasteiger partial charge in [-0.15, -0.1) is 0 Å². The average Bonchev–Trinajstić information content (AvgIpc) is 3.36. The fourth-order valence-electron chi connectivity index (χ4n) is 4.23. The van der Waals surface area contributed by atoms with Crippen LogP contribution >= 0.6 is 0 Å². The number of rotatable bonds is 7. The van der Waals surface area contributed by atoms with Gasteiger partial charge in [0.2, 0.25) is 17.7 Å². The third kappa shape index (κ3) is 5.08. The van der Waals surface area contributed by atoms with E-state index >= 15 is 0 Å². The molecule has 2 heterocycles. The number of hydrogen-bond donors (Lipinski definition) is 0. The molecular formula is C20H32N4O3. The van der Waals surface area contributed by atoms with Gasteiger partial charge in [-0.25, -0.2) is 0 Å². The van der Waals surface area contributed by atoms with E-state index in [-0.39, 0.29) is 23.8 Å². The Bertz CT molecular complexity index is 651. The highest BCUT2D eigenvalue weighted by molar-refractivity contribution is 5.77. The zero-order chi connectivity index (χ0) is 19.4. The summed E-state index contributed by atoms with van der Waals surface area (Å²) in [5, 5.41) is 4.01. The molecule has 1 aliphatic heterocycles. The van der Waals surface area contributed by atoms with Crippen LogP contribution < -0.4 is 0 Å². The van der Waals surface area contributed by atoms with E-state index in [1.807, 2.05) is 23.6 Å².